The lowest BCUT2D eigenvalue weighted by molar-refractivity contribution is -0.139. The van der Waals surface area contributed by atoms with Gasteiger partial charge in [0.05, 0.1) is 12.1 Å². The summed E-state index contributed by atoms with van der Waals surface area (Å²) in [5.41, 5.74) is 0.513. The van der Waals surface area contributed by atoms with Crippen molar-refractivity contribution in [3.05, 3.63) is 29.8 Å². The number of amides is 1. The van der Waals surface area contributed by atoms with Crippen molar-refractivity contribution in [2.75, 3.05) is 13.7 Å². The van der Waals surface area contributed by atoms with E-state index in [1.165, 1.54) is 0 Å². The lowest BCUT2D eigenvalue weighted by Gasteiger charge is -2.19. The molecule has 1 aliphatic carbocycles. The van der Waals surface area contributed by atoms with Gasteiger partial charge in [-0.25, -0.2) is 4.79 Å². The number of rotatable bonds is 6. The maximum atomic E-state index is 12.1. The van der Waals surface area contributed by atoms with Gasteiger partial charge in [-0.3, -0.25) is 4.79 Å². The van der Waals surface area contributed by atoms with Crippen molar-refractivity contribution in [1.82, 2.24) is 5.32 Å². The van der Waals surface area contributed by atoms with Crippen LogP contribution in [0.2, 0.25) is 0 Å². The van der Waals surface area contributed by atoms with Gasteiger partial charge in [0.15, 0.2) is 6.61 Å². The van der Waals surface area contributed by atoms with Gasteiger partial charge in [0, 0.05) is 12.7 Å². The quantitative estimate of drug-likeness (QED) is 0.829. The summed E-state index contributed by atoms with van der Waals surface area (Å²) in [4.78, 5) is 22.5. The normalized spacial score (nSPS) is 21.0. The molecule has 0 spiro atoms. The minimum Gasteiger partial charge on any atom is -0.482 e. The van der Waals surface area contributed by atoms with Crippen LogP contribution in [0.4, 0.5) is 0 Å². The van der Waals surface area contributed by atoms with Gasteiger partial charge >= 0.3 is 5.97 Å². The van der Waals surface area contributed by atoms with E-state index in [2.05, 4.69) is 5.32 Å². The topological polar surface area (TPSA) is 84.9 Å². The van der Waals surface area contributed by atoms with Gasteiger partial charge in [-0.15, -0.1) is 0 Å². The highest BCUT2D eigenvalue weighted by Gasteiger charge is 2.28. The molecule has 0 aromatic heterocycles. The molecular formula is C15H19NO5. The van der Waals surface area contributed by atoms with E-state index in [-0.39, 0.29) is 18.1 Å². The number of ether oxygens (including phenoxy) is 2. The van der Waals surface area contributed by atoms with Gasteiger partial charge < -0.3 is 19.9 Å². The number of hydrogen-bond donors (Lipinski definition) is 2. The Hall–Kier alpha value is -2.08. The molecule has 0 bridgehead atoms. The number of carboxylic acid groups (broad SMARTS) is 1. The molecule has 114 valence electrons. The SMILES string of the molecule is CO[C@@H]1CCC[C@H]1NC(=O)c1ccc(OCC(=O)O)cc1. The average molecular weight is 293 g/mol. The van der Waals surface area contributed by atoms with Crippen LogP contribution in [-0.2, 0) is 9.53 Å². The predicted octanol–water partition coefficient (Wildman–Crippen LogP) is 1.45. The van der Waals surface area contributed by atoms with Crippen molar-refractivity contribution in [2.45, 2.75) is 31.4 Å². The van der Waals surface area contributed by atoms with E-state index in [1.54, 1.807) is 31.4 Å². The van der Waals surface area contributed by atoms with E-state index in [9.17, 15) is 9.59 Å². The highest BCUT2D eigenvalue weighted by atomic mass is 16.5. The lowest BCUT2D eigenvalue weighted by Crippen LogP contribution is -2.40. The van der Waals surface area contributed by atoms with Crippen LogP contribution in [0.1, 0.15) is 29.6 Å². The van der Waals surface area contributed by atoms with Gasteiger partial charge in [0.25, 0.3) is 5.91 Å². The van der Waals surface area contributed by atoms with E-state index < -0.39 is 12.6 Å². The zero-order chi connectivity index (χ0) is 15.2. The Morgan fingerprint density at radius 1 is 1.29 bits per heavy atom. The first-order valence-electron chi connectivity index (χ1n) is 6.88. The van der Waals surface area contributed by atoms with Crippen molar-refractivity contribution in [2.24, 2.45) is 0 Å². The van der Waals surface area contributed by atoms with Crippen LogP contribution in [-0.4, -0.2) is 42.8 Å². The first-order chi connectivity index (χ1) is 10.1. The highest BCUT2D eigenvalue weighted by Crippen LogP contribution is 2.22. The molecule has 2 atom stereocenters. The van der Waals surface area contributed by atoms with E-state index >= 15 is 0 Å². The third-order valence-corrected chi connectivity index (χ3v) is 3.55. The zero-order valence-corrected chi connectivity index (χ0v) is 11.9. The van der Waals surface area contributed by atoms with Crippen LogP contribution in [0.3, 0.4) is 0 Å². The van der Waals surface area contributed by atoms with Crippen molar-refractivity contribution in [1.29, 1.82) is 0 Å². The number of nitrogens with one attached hydrogen (secondary N) is 1. The van der Waals surface area contributed by atoms with Gasteiger partial charge in [-0.2, -0.15) is 0 Å². The third-order valence-electron chi connectivity index (χ3n) is 3.55. The number of carboxylic acids is 1. The predicted molar refractivity (Wildman–Crippen MR) is 75.5 cm³/mol. The van der Waals surface area contributed by atoms with Crippen molar-refractivity contribution in [3.63, 3.8) is 0 Å². The Morgan fingerprint density at radius 2 is 2.00 bits per heavy atom. The zero-order valence-electron chi connectivity index (χ0n) is 11.9. The van der Waals surface area contributed by atoms with Crippen LogP contribution in [0.15, 0.2) is 24.3 Å². The molecule has 0 saturated heterocycles. The number of benzene rings is 1. The summed E-state index contributed by atoms with van der Waals surface area (Å²) in [5, 5.41) is 11.5. The maximum Gasteiger partial charge on any atom is 0.341 e. The monoisotopic (exact) mass is 293 g/mol. The molecule has 0 unspecified atom stereocenters. The van der Waals surface area contributed by atoms with Crippen molar-refractivity contribution < 1.29 is 24.2 Å². The fourth-order valence-electron chi connectivity index (χ4n) is 2.47. The summed E-state index contributed by atoms with van der Waals surface area (Å²) in [6.45, 7) is -0.400. The minimum absolute atomic E-state index is 0.0467. The Labute approximate surface area is 123 Å². The van der Waals surface area contributed by atoms with Gasteiger partial charge in [-0.1, -0.05) is 0 Å². The molecule has 1 fully saturated rings. The summed E-state index contributed by atoms with van der Waals surface area (Å²) >= 11 is 0. The number of carbonyl (C=O) groups excluding carboxylic acids is 1. The molecule has 6 heteroatoms. The number of methoxy groups -OCH3 is 1. The first kappa shape index (κ1) is 15.3. The van der Waals surface area contributed by atoms with E-state index in [1.807, 2.05) is 0 Å². The van der Waals surface area contributed by atoms with E-state index in [0.29, 0.717) is 11.3 Å². The van der Waals surface area contributed by atoms with Crippen LogP contribution in [0, 0.1) is 0 Å². The lowest BCUT2D eigenvalue weighted by atomic mass is 10.1. The minimum atomic E-state index is -1.04. The molecule has 1 aliphatic rings. The first-order valence-corrected chi connectivity index (χ1v) is 6.88. The van der Waals surface area contributed by atoms with Crippen LogP contribution in [0.5, 0.6) is 5.75 Å². The fourth-order valence-corrected chi connectivity index (χ4v) is 2.47. The molecule has 2 N–H and O–H groups in total. The summed E-state index contributed by atoms with van der Waals surface area (Å²) in [5.74, 6) is -0.776. The van der Waals surface area contributed by atoms with Crippen LogP contribution >= 0.6 is 0 Å². The molecule has 1 aromatic carbocycles. The molecule has 2 rings (SSSR count). The largest absolute Gasteiger partial charge is 0.482 e. The average Bonchev–Trinajstić information content (AvgIpc) is 2.92. The molecule has 0 radical (unpaired) electrons. The number of carbonyl (C=O) groups is 2. The Bertz CT molecular complexity index is 499. The molecule has 21 heavy (non-hydrogen) atoms. The second-order valence-electron chi connectivity index (χ2n) is 4.99. The molecule has 1 amide bonds. The van der Waals surface area contributed by atoms with Crippen LogP contribution in [0.25, 0.3) is 0 Å². The molecule has 1 saturated carbocycles. The molecular weight excluding hydrogens is 274 g/mol. The summed E-state index contributed by atoms with van der Waals surface area (Å²) in [6.07, 6.45) is 3.01. The number of aliphatic carboxylic acids is 1. The van der Waals surface area contributed by atoms with Gasteiger partial charge in [0.2, 0.25) is 0 Å². The second-order valence-corrected chi connectivity index (χ2v) is 4.99. The smallest absolute Gasteiger partial charge is 0.341 e. The van der Waals surface area contributed by atoms with Gasteiger partial charge in [0.1, 0.15) is 5.75 Å². The molecule has 0 heterocycles. The van der Waals surface area contributed by atoms with Crippen molar-refractivity contribution >= 4 is 11.9 Å². The Morgan fingerprint density at radius 3 is 2.62 bits per heavy atom. The van der Waals surface area contributed by atoms with E-state index in [0.717, 1.165) is 19.3 Å². The number of hydrogen-bond acceptors (Lipinski definition) is 4. The fraction of sp³-hybridized carbons (Fsp3) is 0.467. The molecule has 1 aromatic rings. The van der Waals surface area contributed by atoms with Gasteiger partial charge in [-0.05, 0) is 43.5 Å². The van der Waals surface area contributed by atoms with E-state index in [4.69, 9.17) is 14.6 Å². The second kappa shape index (κ2) is 7.08. The molecule has 0 aliphatic heterocycles. The third kappa shape index (κ3) is 4.19. The summed E-state index contributed by atoms with van der Waals surface area (Å²) in [6, 6.07) is 6.44. The Balaban J connectivity index is 1.92. The Kier molecular flexibility index (Phi) is 5.16. The summed E-state index contributed by atoms with van der Waals surface area (Å²) < 4.78 is 10.4. The van der Waals surface area contributed by atoms with Crippen LogP contribution < -0.4 is 10.1 Å². The highest BCUT2D eigenvalue weighted by molar-refractivity contribution is 5.94. The molecule has 6 nitrogen and oxygen atoms in total. The standard InChI is InChI=1S/C15H19NO5/c1-20-13-4-2-3-12(13)16-15(19)10-5-7-11(8-6-10)21-9-14(17)18/h5-8,12-13H,2-4,9H2,1H3,(H,16,19)(H,17,18)/t12-,13-/m1/s1. The summed E-state index contributed by atoms with van der Waals surface area (Å²) in [7, 11) is 1.66. The van der Waals surface area contributed by atoms with Crippen molar-refractivity contribution in [3.8, 4) is 5.75 Å². The maximum absolute atomic E-state index is 12.1.